The number of amides is 1. The van der Waals surface area contributed by atoms with Crippen molar-refractivity contribution in [2.45, 2.75) is 32.0 Å². The van der Waals surface area contributed by atoms with Crippen molar-refractivity contribution < 1.29 is 9.53 Å². The molecule has 3 N–H and O–H groups in total. The second-order valence-corrected chi connectivity index (χ2v) is 7.60. The van der Waals surface area contributed by atoms with Crippen molar-refractivity contribution in [1.29, 1.82) is 0 Å². The molecule has 0 bridgehead atoms. The Morgan fingerprint density at radius 3 is 2.73 bits per heavy atom. The van der Waals surface area contributed by atoms with E-state index in [1.165, 1.54) is 4.90 Å². The number of nitrogens with one attached hydrogen (secondary N) is 1. The van der Waals surface area contributed by atoms with E-state index >= 15 is 0 Å². The zero-order valence-electron chi connectivity index (χ0n) is 16.6. The van der Waals surface area contributed by atoms with Crippen LogP contribution in [0.5, 0.6) is 0 Å². The average molecular weight is 428 g/mol. The van der Waals surface area contributed by atoms with Gasteiger partial charge in [0.1, 0.15) is 12.4 Å². The van der Waals surface area contributed by atoms with Crippen LogP contribution in [-0.2, 0) is 4.74 Å². The average Bonchev–Trinajstić information content (AvgIpc) is 3.36. The normalized spacial score (nSPS) is 18.2. The summed E-state index contributed by atoms with van der Waals surface area (Å²) in [5, 5.41) is 3.91. The molecule has 0 spiro atoms. The molecule has 9 nitrogen and oxygen atoms in total. The number of nitrogens with zero attached hydrogens (tertiary/aromatic N) is 5. The number of aromatic nitrogens is 4. The fourth-order valence-corrected chi connectivity index (χ4v) is 3.35. The Balaban J connectivity index is 1.50. The standard InChI is InChI=1S/C20H22ClN7O2/c1-12(22)17-10-30-20(29)28(17)18-7-8-23-19(26-18)25-13(2)16-9-27(11-24-16)15-5-3-14(21)4-6-15/h3-9,11-13,17H,10,22H2,1-2H3,(H,23,25,26)/t12-,13+,17?/m1/s1. The maximum atomic E-state index is 12.1. The van der Waals surface area contributed by atoms with Gasteiger partial charge in [-0.25, -0.2) is 14.8 Å². The number of halogens is 1. The van der Waals surface area contributed by atoms with E-state index in [9.17, 15) is 4.79 Å². The van der Waals surface area contributed by atoms with E-state index in [2.05, 4.69) is 20.3 Å². The molecule has 2 aromatic heterocycles. The molecular formula is C20H22ClN7O2. The van der Waals surface area contributed by atoms with Crippen LogP contribution in [0.2, 0.25) is 5.02 Å². The van der Waals surface area contributed by atoms with E-state index in [0.717, 1.165) is 11.4 Å². The number of cyclic esters (lactones) is 1. The van der Waals surface area contributed by atoms with Crippen molar-refractivity contribution in [3.05, 3.63) is 59.8 Å². The van der Waals surface area contributed by atoms with Crippen LogP contribution in [0.25, 0.3) is 5.69 Å². The van der Waals surface area contributed by atoms with Crippen LogP contribution in [0.3, 0.4) is 0 Å². The molecule has 0 aliphatic carbocycles. The number of nitrogens with two attached hydrogens (primary N) is 1. The predicted octanol–water partition coefficient (Wildman–Crippen LogP) is 3.16. The summed E-state index contributed by atoms with van der Waals surface area (Å²) in [5.41, 5.74) is 7.76. The quantitative estimate of drug-likeness (QED) is 0.621. The number of ether oxygens (including phenoxy) is 1. The zero-order valence-corrected chi connectivity index (χ0v) is 17.3. The first-order chi connectivity index (χ1) is 14.4. The van der Waals surface area contributed by atoms with Gasteiger partial charge in [-0.3, -0.25) is 4.90 Å². The highest BCUT2D eigenvalue weighted by molar-refractivity contribution is 6.30. The van der Waals surface area contributed by atoms with Crippen molar-refractivity contribution in [3.63, 3.8) is 0 Å². The van der Waals surface area contributed by atoms with Gasteiger partial charge in [0.05, 0.1) is 24.1 Å². The molecule has 3 aromatic rings. The van der Waals surface area contributed by atoms with Gasteiger partial charge < -0.3 is 20.4 Å². The van der Waals surface area contributed by atoms with Crippen molar-refractivity contribution in [2.75, 3.05) is 16.8 Å². The SMILES string of the molecule is C[C@H](Nc1nccc(N2C(=O)OCC2[C@@H](C)N)n1)c1cn(-c2ccc(Cl)cc2)cn1. The van der Waals surface area contributed by atoms with Crippen LogP contribution in [0.15, 0.2) is 49.1 Å². The predicted molar refractivity (Wildman–Crippen MR) is 114 cm³/mol. The molecule has 1 saturated heterocycles. The Morgan fingerprint density at radius 2 is 2.00 bits per heavy atom. The third-order valence-corrected chi connectivity index (χ3v) is 5.17. The van der Waals surface area contributed by atoms with Crippen LogP contribution in [0, 0.1) is 0 Å². The van der Waals surface area contributed by atoms with Gasteiger partial charge in [-0.05, 0) is 44.2 Å². The lowest BCUT2D eigenvalue weighted by Gasteiger charge is -2.23. The summed E-state index contributed by atoms with van der Waals surface area (Å²) < 4.78 is 7.05. The summed E-state index contributed by atoms with van der Waals surface area (Å²) in [6, 6.07) is 8.47. The van der Waals surface area contributed by atoms with Crippen molar-refractivity contribution in [1.82, 2.24) is 19.5 Å². The molecular weight excluding hydrogens is 406 g/mol. The number of rotatable bonds is 6. The van der Waals surface area contributed by atoms with Crippen LogP contribution in [0.1, 0.15) is 25.6 Å². The molecule has 1 fully saturated rings. The largest absolute Gasteiger partial charge is 0.447 e. The molecule has 0 radical (unpaired) electrons. The number of hydrogen-bond acceptors (Lipinski definition) is 7. The van der Waals surface area contributed by atoms with Crippen LogP contribution in [0.4, 0.5) is 16.6 Å². The Bertz CT molecular complexity index is 1040. The summed E-state index contributed by atoms with van der Waals surface area (Å²) in [5.74, 6) is 0.820. The minimum Gasteiger partial charge on any atom is -0.447 e. The number of carbonyl (C=O) groups is 1. The first-order valence-corrected chi connectivity index (χ1v) is 9.91. The van der Waals surface area contributed by atoms with Gasteiger partial charge in [0.25, 0.3) is 0 Å². The maximum absolute atomic E-state index is 12.1. The number of benzene rings is 1. The highest BCUT2D eigenvalue weighted by Gasteiger charge is 2.37. The second kappa shape index (κ2) is 8.29. The van der Waals surface area contributed by atoms with Crippen molar-refractivity contribution in [3.8, 4) is 5.69 Å². The molecule has 3 heterocycles. The summed E-state index contributed by atoms with van der Waals surface area (Å²) in [6.45, 7) is 4.03. The molecule has 4 rings (SSSR count). The Hall–Kier alpha value is -3.17. The van der Waals surface area contributed by atoms with Gasteiger partial charge in [-0.15, -0.1) is 0 Å². The van der Waals surface area contributed by atoms with E-state index in [4.69, 9.17) is 22.1 Å². The first kappa shape index (κ1) is 20.1. The number of imidazole rings is 1. The molecule has 1 amide bonds. The second-order valence-electron chi connectivity index (χ2n) is 7.16. The third-order valence-electron chi connectivity index (χ3n) is 4.92. The lowest BCUT2D eigenvalue weighted by atomic mass is 10.1. The lowest BCUT2D eigenvalue weighted by molar-refractivity contribution is 0.178. The monoisotopic (exact) mass is 427 g/mol. The molecule has 1 aliphatic heterocycles. The molecule has 1 aliphatic rings. The van der Waals surface area contributed by atoms with E-state index in [-0.39, 0.29) is 24.7 Å². The summed E-state index contributed by atoms with van der Waals surface area (Å²) in [4.78, 5) is 26.8. The van der Waals surface area contributed by atoms with Gasteiger partial charge in [0.2, 0.25) is 5.95 Å². The van der Waals surface area contributed by atoms with Crippen LogP contribution < -0.4 is 16.0 Å². The minimum absolute atomic E-state index is 0.163. The Kier molecular flexibility index (Phi) is 5.56. The molecule has 30 heavy (non-hydrogen) atoms. The summed E-state index contributed by atoms with van der Waals surface area (Å²) in [7, 11) is 0. The van der Waals surface area contributed by atoms with Gasteiger partial charge in [0, 0.05) is 29.1 Å². The van der Waals surface area contributed by atoms with Crippen molar-refractivity contribution in [2.24, 2.45) is 5.73 Å². The van der Waals surface area contributed by atoms with Gasteiger partial charge >= 0.3 is 6.09 Å². The molecule has 0 saturated carbocycles. The summed E-state index contributed by atoms with van der Waals surface area (Å²) in [6.07, 6.45) is 4.79. The molecule has 1 aromatic carbocycles. The smallest absolute Gasteiger partial charge is 0.416 e. The van der Waals surface area contributed by atoms with E-state index < -0.39 is 6.09 Å². The van der Waals surface area contributed by atoms with Gasteiger partial charge in [0.15, 0.2) is 0 Å². The van der Waals surface area contributed by atoms with Gasteiger partial charge in [-0.2, -0.15) is 4.98 Å². The number of carbonyl (C=O) groups excluding carboxylic acids is 1. The number of hydrogen-bond donors (Lipinski definition) is 2. The fourth-order valence-electron chi connectivity index (χ4n) is 3.22. The molecule has 1 unspecified atom stereocenters. The maximum Gasteiger partial charge on any atom is 0.416 e. The zero-order chi connectivity index (χ0) is 21.3. The third kappa shape index (κ3) is 4.07. The number of anilines is 2. The van der Waals surface area contributed by atoms with Crippen LogP contribution >= 0.6 is 11.6 Å². The van der Waals surface area contributed by atoms with Gasteiger partial charge in [-0.1, -0.05) is 11.6 Å². The van der Waals surface area contributed by atoms with E-state index in [0.29, 0.717) is 16.8 Å². The topological polar surface area (TPSA) is 111 Å². The lowest BCUT2D eigenvalue weighted by Crippen LogP contribution is -2.45. The molecule has 156 valence electrons. The Morgan fingerprint density at radius 1 is 1.23 bits per heavy atom. The van der Waals surface area contributed by atoms with Crippen molar-refractivity contribution >= 4 is 29.5 Å². The fraction of sp³-hybridized carbons (Fsp3) is 0.300. The first-order valence-electron chi connectivity index (χ1n) is 9.53. The highest BCUT2D eigenvalue weighted by Crippen LogP contribution is 2.24. The van der Waals surface area contributed by atoms with E-state index in [1.807, 2.05) is 48.9 Å². The van der Waals surface area contributed by atoms with E-state index in [1.54, 1.807) is 18.6 Å². The minimum atomic E-state index is -0.461. The summed E-state index contributed by atoms with van der Waals surface area (Å²) >= 11 is 5.95. The highest BCUT2D eigenvalue weighted by atomic mass is 35.5. The molecule has 10 heteroatoms. The Labute approximate surface area is 178 Å². The molecule has 3 atom stereocenters. The van der Waals surface area contributed by atoms with Crippen LogP contribution in [-0.4, -0.2) is 44.3 Å².